The maximum absolute atomic E-state index is 12.7. The van der Waals surface area contributed by atoms with E-state index in [1.165, 1.54) is 25.3 Å². The number of fused-ring (bicyclic) bond motifs is 1. The van der Waals surface area contributed by atoms with E-state index in [0.29, 0.717) is 23.7 Å². The number of methoxy groups -OCH3 is 1. The number of benzene rings is 2. The summed E-state index contributed by atoms with van der Waals surface area (Å²) in [6.07, 6.45) is 1.28. The number of hydrogen-bond acceptors (Lipinski definition) is 8. The average Bonchev–Trinajstić information content (AvgIpc) is 2.77. The Bertz CT molecular complexity index is 1140. The van der Waals surface area contributed by atoms with Gasteiger partial charge in [-0.2, -0.15) is 5.26 Å². The minimum absolute atomic E-state index is 0.131. The summed E-state index contributed by atoms with van der Waals surface area (Å²) in [6.45, 7) is 2.65. The van der Waals surface area contributed by atoms with Crippen LogP contribution in [0.1, 0.15) is 12.5 Å². The van der Waals surface area contributed by atoms with Crippen molar-refractivity contribution in [1.29, 1.82) is 5.26 Å². The standard InChI is InChI=1S/C21H18ClN3O7/c1-3-30-19-8-12(7-14(22)20(19)29-2)6-13(11-23)21(26)24-15-9-17-18(32-5-4-31-17)10-16(15)25(27)28/h6-10H,3-5H2,1-2H3,(H,24,26)/b13-6+. The third-order valence-electron chi connectivity index (χ3n) is 4.32. The van der Waals surface area contributed by atoms with Crippen LogP contribution in [0.2, 0.25) is 5.02 Å². The summed E-state index contributed by atoms with van der Waals surface area (Å²) in [5.74, 6) is 0.267. The topological polar surface area (TPSA) is 133 Å². The zero-order valence-corrected chi connectivity index (χ0v) is 17.9. The Labute approximate surface area is 188 Å². The summed E-state index contributed by atoms with van der Waals surface area (Å²) in [4.78, 5) is 23.5. The van der Waals surface area contributed by atoms with Gasteiger partial charge in [0.1, 0.15) is 30.5 Å². The van der Waals surface area contributed by atoms with Crippen molar-refractivity contribution < 1.29 is 28.7 Å². The molecule has 3 rings (SSSR count). The molecule has 1 aliphatic rings. The first kappa shape index (κ1) is 22.7. The maximum Gasteiger partial charge on any atom is 0.296 e. The number of hydrogen-bond donors (Lipinski definition) is 1. The Kier molecular flexibility index (Phi) is 7.02. The molecule has 1 N–H and O–H groups in total. The van der Waals surface area contributed by atoms with Crippen molar-refractivity contribution in [2.24, 2.45) is 0 Å². The summed E-state index contributed by atoms with van der Waals surface area (Å²) in [6, 6.07) is 7.30. The van der Waals surface area contributed by atoms with E-state index in [1.54, 1.807) is 19.1 Å². The SMILES string of the molecule is CCOc1cc(/C=C(\C#N)C(=O)Nc2cc3c(cc2[N+](=O)[O-])OCCO3)cc(Cl)c1OC. The number of nitriles is 1. The second-order valence-electron chi connectivity index (χ2n) is 6.36. The van der Waals surface area contributed by atoms with Crippen LogP contribution in [0.15, 0.2) is 29.8 Å². The largest absolute Gasteiger partial charge is 0.491 e. The van der Waals surface area contributed by atoms with Gasteiger partial charge in [0.25, 0.3) is 11.6 Å². The van der Waals surface area contributed by atoms with Crippen LogP contribution in [0, 0.1) is 21.4 Å². The van der Waals surface area contributed by atoms with Gasteiger partial charge in [-0.1, -0.05) is 11.6 Å². The number of carbonyl (C=O) groups is 1. The lowest BCUT2D eigenvalue weighted by molar-refractivity contribution is -0.384. The van der Waals surface area contributed by atoms with E-state index in [2.05, 4.69) is 5.32 Å². The van der Waals surface area contributed by atoms with Gasteiger partial charge in [0.2, 0.25) is 0 Å². The number of rotatable bonds is 7. The molecule has 0 saturated carbocycles. The van der Waals surface area contributed by atoms with Crippen molar-refractivity contribution >= 4 is 35.0 Å². The van der Waals surface area contributed by atoms with Crippen LogP contribution in [0.4, 0.5) is 11.4 Å². The number of carbonyl (C=O) groups excluding carboxylic acids is 1. The Hall–Kier alpha value is -3.97. The molecule has 1 amide bonds. The minimum atomic E-state index is -0.850. The van der Waals surface area contributed by atoms with Crippen molar-refractivity contribution in [3.8, 4) is 29.1 Å². The quantitative estimate of drug-likeness (QED) is 0.284. The lowest BCUT2D eigenvalue weighted by atomic mass is 10.1. The van der Waals surface area contributed by atoms with Crippen LogP contribution in [0.5, 0.6) is 23.0 Å². The lowest BCUT2D eigenvalue weighted by Gasteiger charge is -2.19. The zero-order valence-electron chi connectivity index (χ0n) is 17.1. The molecule has 2 aromatic carbocycles. The molecule has 1 aliphatic heterocycles. The average molecular weight is 460 g/mol. The van der Waals surface area contributed by atoms with Gasteiger partial charge in [0.05, 0.1) is 29.7 Å². The second kappa shape index (κ2) is 9.89. The molecule has 32 heavy (non-hydrogen) atoms. The third kappa shape index (κ3) is 4.84. The molecule has 0 aromatic heterocycles. The van der Waals surface area contributed by atoms with Crippen LogP contribution in [-0.4, -0.2) is 37.8 Å². The number of nitrogens with one attached hydrogen (secondary N) is 1. The van der Waals surface area contributed by atoms with Gasteiger partial charge >= 0.3 is 0 Å². The molecule has 1 heterocycles. The van der Waals surface area contributed by atoms with Crippen molar-refractivity contribution in [3.63, 3.8) is 0 Å². The predicted molar refractivity (Wildman–Crippen MR) is 115 cm³/mol. The molecule has 2 aromatic rings. The van der Waals surface area contributed by atoms with E-state index in [1.807, 2.05) is 0 Å². The van der Waals surface area contributed by atoms with E-state index >= 15 is 0 Å². The lowest BCUT2D eigenvalue weighted by Crippen LogP contribution is -2.18. The van der Waals surface area contributed by atoms with Gasteiger partial charge in [-0.15, -0.1) is 0 Å². The Morgan fingerprint density at radius 2 is 2.00 bits per heavy atom. The molecule has 10 nitrogen and oxygen atoms in total. The predicted octanol–water partition coefficient (Wildman–Crippen LogP) is 3.97. The van der Waals surface area contributed by atoms with Gasteiger partial charge in [-0.25, -0.2) is 0 Å². The van der Waals surface area contributed by atoms with Crippen LogP contribution < -0.4 is 24.3 Å². The van der Waals surface area contributed by atoms with Crippen molar-refractivity contribution in [2.45, 2.75) is 6.92 Å². The Balaban J connectivity index is 1.94. The van der Waals surface area contributed by atoms with E-state index in [-0.39, 0.29) is 41.0 Å². The van der Waals surface area contributed by atoms with Gasteiger partial charge in [0.15, 0.2) is 23.0 Å². The highest BCUT2D eigenvalue weighted by atomic mass is 35.5. The molecule has 166 valence electrons. The normalized spacial score (nSPS) is 12.5. The van der Waals surface area contributed by atoms with Crippen LogP contribution in [0.3, 0.4) is 0 Å². The number of ether oxygens (including phenoxy) is 4. The van der Waals surface area contributed by atoms with Crippen molar-refractivity contribution in [3.05, 3.63) is 50.5 Å². The van der Waals surface area contributed by atoms with E-state index in [9.17, 15) is 20.2 Å². The van der Waals surface area contributed by atoms with Gasteiger partial charge in [0, 0.05) is 6.07 Å². The highest BCUT2D eigenvalue weighted by molar-refractivity contribution is 6.32. The molecule has 0 radical (unpaired) electrons. The second-order valence-corrected chi connectivity index (χ2v) is 6.77. The molecule has 0 unspecified atom stereocenters. The van der Waals surface area contributed by atoms with Gasteiger partial charge in [-0.05, 0) is 30.7 Å². The fourth-order valence-corrected chi connectivity index (χ4v) is 3.26. The summed E-state index contributed by atoms with van der Waals surface area (Å²) >= 11 is 6.21. The summed E-state index contributed by atoms with van der Waals surface area (Å²) in [5, 5.41) is 23.6. The molecule has 0 atom stereocenters. The zero-order chi connectivity index (χ0) is 23.3. The number of anilines is 1. The van der Waals surface area contributed by atoms with E-state index in [0.717, 1.165) is 6.07 Å². The molecule has 0 spiro atoms. The molecular formula is C21H18ClN3O7. The van der Waals surface area contributed by atoms with Gasteiger partial charge < -0.3 is 24.3 Å². The summed E-state index contributed by atoms with van der Waals surface area (Å²) in [5.41, 5.74) is -0.431. The summed E-state index contributed by atoms with van der Waals surface area (Å²) in [7, 11) is 1.44. The highest BCUT2D eigenvalue weighted by Gasteiger charge is 2.24. The minimum Gasteiger partial charge on any atom is -0.491 e. The third-order valence-corrected chi connectivity index (χ3v) is 4.60. The maximum atomic E-state index is 12.7. The molecular weight excluding hydrogens is 442 g/mol. The summed E-state index contributed by atoms with van der Waals surface area (Å²) < 4.78 is 21.5. The van der Waals surface area contributed by atoms with E-state index < -0.39 is 16.5 Å². The van der Waals surface area contributed by atoms with Gasteiger partial charge in [-0.3, -0.25) is 14.9 Å². The smallest absolute Gasteiger partial charge is 0.296 e. The Morgan fingerprint density at radius 1 is 1.31 bits per heavy atom. The first-order valence-corrected chi connectivity index (χ1v) is 9.77. The number of nitro groups is 1. The molecule has 0 fully saturated rings. The first-order chi connectivity index (χ1) is 15.4. The molecule has 11 heteroatoms. The number of halogens is 1. The van der Waals surface area contributed by atoms with Crippen LogP contribution in [-0.2, 0) is 4.79 Å². The van der Waals surface area contributed by atoms with Crippen LogP contribution in [0.25, 0.3) is 6.08 Å². The van der Waals surface area contributed by atoms with E-state index in [4.69, 9.17) is 30.5 Å². The Morgan fingerprint density at radius 3 is 2.59 bits per heavy atom. The molecule has 0 bridgehead atoms. The monoisotopic (exact) mass is 459 g/mol. The molecule has 0 saturated heterocycles. The first-order valence-electron chi connectivity index (χ1n) is 9.39. The fourth-order valence-electron chi connectivity index (χ4n) is 2.97. The number of nitrogens with zero attached hydrogens (tertiary/aromatic N) is 2. The van der Waals surface area contributed by atoms with Crippen molar-refractivity contribution in [2.75, 3.05) is 32.2 Å². The van der Waals surface area contributed by atoms with Crippen molar-refractivity contribution in [1.82, 2.24) is 0 Å². The highest BCUT2D eigenvalue weighted by Crippen LogP contribution is 2.40. The van der Waals surface area contributed by atoms with Crippen LogP contribution >= 0.6 is 11.6 Å². The fraction of sp³-hybridized carbons (Fsp3) is 0.238. The number of nitro benzene ring substituents is 1. The molecule has 0 aliphatic carbocycles. The number of amides is 1.